The van der Waals surface area contributed by atoms with E-state index in [4.69, 9.17) is 0 Å². The fraction of sp³-hybridized carbons (Fsp3) is 0.143. The maximum Gasteiger partial charge on any atom is 0.130 e. The summed E-state index contributed by atoms with van der Waals surface area (Å²) in [7, 11) is 0. The number of phenols is 1. The summed E-state index contributed by atoms with van der Waals surface area (Å²) in [6.45, 7) is 0. The summed E-state index contributed by atoms with van der Waals surface area (Å²) in [5.74, 6) is 0.298. The molecule has 3 heteroatoms. The predicted molar refractivity (Wildman–Crippen MR) is 47.6 cm³/mol. The first-order valence-electron chi connectivity index (χ1n) is 2.76. The second kappa shape index (κ2) is 3.30. The van der Waals surface area contributed by atoms with Gasteiger partial charge < -0.3 is 5.11 Å². The number of hydrogen-bond acceptors (Lipinski definition) is 2. The molecule has 54 valence electrons. The third-order valence-electron chi connectivity index (χ3n) is 1.15. The lowest BCUT2D eigenvalue weighted by molar-refractivity contribution is 0.470. The van der Waals surface area contributed by atoms with Crippen molar-refractivity contribution in [3.63, 3.8) is 0 Å². The van der Waals surface area contributed by atoms with Crippen LogP contribution in [0.15, 0.2) is 27.6 Å². The van der Waals surface area contributed by atoms with Gasteiger partial charge >= 0.3 is 0 Å². The number of halogens is 1. The van der Waals surface area contributed by atoms with Gasteiger partial charge in [0.05, 0.1) is 4.47 Å². The van der Waals surface area contributed by atoms with Gasteiger partial charge in [0.15, 0.2) is 0 Å². The molecule has 0 radical (unpaired) electrons. The Labute approximate surface area is 72.6 Å². The Hall–Kier alpha value is -0.150. The molecule has 0 aliphatic rings. The Bertz CT molecular complexity index is 237. The van der Waals surface area contributed by atoms with Crippen LogP contribution in [0.2, 0.25) is 0 Å². The minimum absolute atomic E-state index is 0.298. The van der Waals surface area contributed by atoms with Crippen LogP contribution >= 0.6 is 27.7 Å². The molecular weight excluding hydrogens is 212 g/mol. The molecule has 0 saturated heterocycles. The zero-order valence-electron chi connectivity index (χ0n) is 5.47. The molecule has 1 rings (SSSR count). The fourth-order valence-electron chi connectivity index (χ4n) is 0.619. The van der Waals surface area contributed by atoms with E-state index in [1.165, 1.54) is 0 Å². The molecule has 1 nitrogen and oxygen atoms in total. The number of hydrogen-bond donors (Lipinski definition) is 1. The number of benzene rings is 1. The molecule has 0 unspecified atom stereocenters. The molecule has 1 aromatic rings. The highest BCUT2D eigenvalue weighted by Gasteiger charge is 1.96. The first-order chi connectivity index (χ1) is 4.74. The third kappa shape index (κ3) is 1.67. The maximum absolute atomic E-state index is 9.17. The van der Waals surface area contributed by atoms with Crippen LogP contribution < -0.4 is 0 Å². The summed E-state index contributed by atoms with van der Waals surface area (Å²) in [4.78, 5) is 1.07. The van der Waals surface area contributed by atoms with E-state index < -0.39 is 0 Å². The van der Waals surface area contributed by atoms with Crippen LogP contribution in [0, 0.1) is 0 Å². The van der Waals surface area contributed by atoms with Crippen LogP contribution in [0.4, 0.5) is 0 Å². The van der Waals surface area contributed by atoms with Crippen LogP contribution in [-0.4, -0.2) is 11.4 Å². The average Bonchev–Trinajstić information content (AvgIpc) is 1.95. The molecular formula is C7H7BrOS. The average molecular weight is 219 g/mol. The van der Waals surface area contributed by atoms with E-state index in [0.29, 0.717) is 5.75 Å². The zero-order valence-corrected chi connectivity index (χ0v) is 7.87. The summed E-state index contributed by atoms with van der Waals surface area (Å²) in [6, 6.07) is 5.52. The van der Waals surface area contributed by atoms with Crippen molar-refractivity contribution in [2.75, 3.05) is 6.26 Å². The summed E-state index contributed by atoms with van der Waals surface area (Å²) >= 11 is 4.81. The van der Waals surface area contributed by atoms with E-state index in [9.17, 15) is 5.11 Å². The molecule has 0 amide bonds. The molecule has 0 aliphatic carbocycles. The molecule has 0 aliphatic heterocycles. The fourth-order valence-corrected chi connectivity index (χ4v) is 1.30. The van der Waals surface area contributed by atoms with Crippen LogP contribution in [0.3, 0.4) is 0 Å². The topological polar surface area (TPSA) is 20.2 Å². The van der Waals surface area contributed by atoms with Gasteiger partial charge in [-0.05, 0) is 40.4 Å². The van der Waals surface area contributed by atoms with Gasteiger partial charge in [0, 0.05) is 4.90 Å². The Morgan fingerprint density at radius 2 is 2.20 bits per heavy atom. The highest BCUT2D eigenvalue weighted by Crippen LogP contribution is 2.27. The van der Waals surface area contributed by atoms with E-state index in [1.807, 2.05) is 18.4 Å². The van der Waals surface area contributed by atoms with E-state index in [-0.39, 0.29) is 0 Å². The Kier molecular flexibility index (Phi) is 2.63. The Morgan fingerprint density at radius 3 is 2.70 bits per heavy atom. The van der Waals surface area contributed by atoms with Crippen LogP contribution in [0.5, 0.6) is 5.75 Å². The van der Waals surface area contributed by atoms with Crippen molar-refractivity contribution in [2.24, 2.45) is 0 Å². The SMILES string of the molecule is CSc1ccc(Br)c(O)c1. The van der Waals surface area contributed by atoms with Gasteiger partial charge in [0.25, 0.3) is 0 Å². The van der Waals surface area contributed by atoms with Crippen molar-refractivity contribution < 1.29 is 5.11 Å². The smallest absolute Gasteiger partial charge is 0.130 e. The molecule has 0 heterocycles. The highest BCUT2D eigenvalue weighted by molar-refractivity contribution is 9.10. The molecule has 0 saturated carbocycles. The highest BCUT2D eigenvalue weighted by atomic mass is 79.9. The summed E-state index contributed by atoms with van der Waals surface area (Å²) in [5.41, 5.74) is 0. The molecule has 1 aromatic carbocycles. The second-order valence-corrected chi connectivity index (χ2v) is 3.55. The lowest BCUT2D eigenvalue weighted by atomic mass is 10.3. The normalized spacial score (nSPS) is 9.80. The Morgan fingerprint density at radius 1 is 1.50 bits per heavy atom. The zero-order chi connectivity index (χ0) is 7.56. The van der Waals surface area contributed by atoms with Gasteiger partial charge in [0.1, 0.15) is 5.75 Å². The molecule has 0 atom stereocenters. The maximum atomic E-state index is 9.17. The van der Waals surface area contributed by atoms with E-state index in [0.717, 1.165) is 9.37 Å². The number of rotatable bonds is 1. The van der Waals surface area contributed by atoms with Gasteiger partial charge in [-0.25, -0.2) is 0 Å². The van der Waals surface area contributed by atoms with Crippen LogP contribution in [-0.2, 0) is 0 Å². The Balaban J connectivity index is 3.04. The lowest BCUT2D eigenvalue weighted by Gasteiger charge is -1.98. The second-order valence-electron chi connectivity index (χ2n) is 1.82. The van der Waals surface area contributed by atoms with E-state index in [1.54, 1.807) is 17.8 Å². The monoisotopic (exact) mass is 218 g/mol. The van der Waals surface area contributed by atoms with Gasteiger partial charge in [-0.15, -0.1) is 11.8 Å². The van der Waals surface area contributed by atoms with Gasteiger partial charge in [-0.1, -0.05) is 0 Å². The van der Waals surface area contributed by atoms with Crippen molar-refractivity contribution in [2.45, 2.75) is 4.90 Å². The van der Waals surface area contributed by atoms with Crippen molar-refractivity contribution in [1.29, 1.82) is 0 Å². The van der Waals surface area contributed by atoms with Gasteiger partial charge in [-0.2, -0.15) is 0 Å². The lowest BCUT2D eigenvalue weighted by Crippen LogP contribution is -1.70. The molecule has 0 aromatic heterocycles. The van der Waals surface area contributed by atoms with Crippen LogP contribution in [0.25, 0.3) is 0 Å². The summed E-state index contributed by atoms with van der Waals surface area (Å²) in [6.07, 6.45) is 1.97. The van der Waals surface area contributed by atoms with Crippen molar-refractivity contribution in [3.05, 3.63) is 22.7 Å². The largest absolute Gasteiger partial charge is 0.507 e. The van der Waals surface area contributed by atoms with E-state index >= 15 is 0 Å². The first kappa shape index (κ1) is 7.95. The molecule has 0 fully saturated rings. The van der Waals surface area contributed by atoms with Gasteiger partial charge in [-0.3, -0.25) is 0 Å². The molecule has 1 N–H and O–H groups in total. The third-order valence-corrected chi connectivity index (χ3v) is 2.55. The standard InChI is InChI=1S/C7H7BrOS/c1-10-5-2-3-6(8)7(9)4-5/h2-4,9H,1H3. The van der Waals surface area contributed by atoms with E-state index in [2.05, 4.69) is 15.9 Å². The molecule has 0 bridgehead atoms. The molecule has 10 heavy (non-hydrogen) atoms. The number of aromatic hydroxyl groups is 1. The number of phenolic OH excluding ortho intramolecular Hbond substituents is 1. The van der Waals surface area contributed by atoms with Crippen molar-refractivity contribution in [1.82, 2.24) is 0 Å². The molecule has 0 spiro atoms. The van der Waals surface area contributed by atoms with Crippen molar-refractivity contribution >= 4 is 27.7 Å². The summed E-state index contributed by atoms with van der Waals surface area (Å²) in [5, 5.41) is 9.17. The van der Waals surface area contributed by atoms with Crippen molar-refractivity contribution in [3.8, 4) is 5.75 Å². The predicted octanol–water partition coefficient (Wildman–Crippen LogP) is 2.88. The van der Waals surface area contributed by atoms with Gasteiger partial charge in [0.2, 0.25) is 0 Å². The first-order valence-corrected chi connectivity index (χ1v) is 4.78. The minimum Gasteiger partial charge on any atom is -0.507 e. The minimum atomic E-state index is 0.298. The van der Waals surface area contributed by atoms with Crippen LogP contribution in [0.1, 0.15) is 0 Å². The summed E-state index contributed by atoms with van der Waals surface area (Å²) < 4.78 is 0.741. The number of thioether (sulfide) groups is 1. The quantitative estimate of drug-likeness (QED) is 0.733.